The Morgan fingerprint density at radius 3 is 1.52 bits per heavy atom. The second kappa shape index (κ2) is 5.51. The van der Waals surface area contributed by atoms with Crippen LogP contribution in [0.5, 0.6) is 0 Å². The Kier molecular flexibility index (Phi) is 4.68. The molecule has 1 unspecified atom stereocenters. The van der Waals surface area contributed by atoms with E-state index in [0.717, 1.165) is 6.07 Å². The number of hydrogen-bond acceptors (Lipinski definition) is 0. The number of nitrogens with one attached hydrogen (secondary N) is 1. The third-order valence-electron chi connectivity index (χ3n) is 3.51. The monoisotopic (exact) mass is 314 g/mol. The maximum absolute atomic E-state index is 13.0. The van der Waals surface area contributed by atoms with Crippen LogP contribution in [0, 0.1) is 0 Å². The first-order chi connectivity index (χ1) is 9.24. The highest BCUT2D eigenvalue weighted by molar-refractivity contribution is 5.38. The van der Waals surface area contributed by atoms with Crippen molar-refractivity contribution >= 4 is 0 Å². The second-order valence-electron chi connectivity index (χ2n) is 6.03. The summed E-state index contributed by atoms with van der Waals surface area (Å²) in [5.41, 5.74) is -3.62. The fraction of sp³-hybridized carbons (Fsp3) is 0.571. The van der Waals surface area contributed by atoms with Gasteiger partial charge in [0.05, 0.1) is 23.7 Å². The lowest BCUT2D eigenvalue weighted by molar-refractivity contribution is -0.941. The van der Waals surface area contributed by atoms with E-state index in [-0.39, 0.29) is 6.54 Å². The van der Waals surface area contributed by atoms with Gasteiger partial charge in [0.1, 0.15) is 6.54 Å². The number of rotatable bonds is 2. The second-order valence-corrected chi connectivity index (χ2v) is 6.03. The Bertz CT molecular complexity index is 463. The van der Waals surface area contributed by atoms with E-state index in [9.17, 15) is 26.3 Å². The summed E-state index contributed by atoms with van der Waals surface area (Å²) in [6.07, 6.45) is -9.62. The third kappa shape index (κ3) is 4.36. The van der Waals surface area contributed by atoms with Gasteiger partial charge in [-0.25, -0.2) is 0 Å². The van der Waals surface area contributed by atoms with Crippen molar-refractivity contribution in [3.63, 3.8) is 0 Å². The summed E-state index contributed by atoms with van der Waals surface area (Å²) in [7, 11) is 1.58. The van der Waals surface area contributed by atoms with Crippen LogP contribution in [-0.2, 0) is 18.9 Å². The summed E-state index contributed by atoms with van der Waals surface area (Å²) >= 11 is 0. The van der Waals surface area contributed by atoms with E-state index in [1.54, 1.807) is 27.8 Å². The lowest BCUT2D eigenvalue weighted by Gasteiger charge is -2.30. The zero-order valence-corrected chi connectivity index (χ0v) is 12.2. The molecule has 0 aromatic heterocycles. The molecule has 0 heterocycles. The molecule has 1 aromatic carbocycles. The summed E-state index contributed by atoms with van der Waals surface area (Å²) in [5, 5.41) is 0. The predicted octanol–water partition coefficient (Wildman–Crippen LogP) is 3.54. The van der Waals surface area contributed by atoms with E-state index in [2.05, 4.69) is 0 Å². The normalized spacial score (nSPS) is 15.1. The highest BCUT2D eigenvalue weighted by Gasteiger charge is 2.42. The Hall–Kier alpha value is -1.24. The van der Waals surface area contributed by atoms with Crippen LogP contribution in [0.15, 0.2) is 18.2 Å². The number of quaternary nitrogens is 1. The Morgan fingerprint density at radius 1 is 0.857 bits per heavy atom. The molecule has 0 fully saturated rings. The minimum Gasteiger partial charge on any atom is -0.329 e. The van der Waals surface area contributed by atoms with Gasteiger partial charge in [-0.05, 0) is 32.9 Å². The molecule has 1 aromatic rings. The van der Waals surface area contributed by atoms with E-state index < -0.39 is 34.6 Å². The van der Waals surface area contributed by atoms with Crippen molar-refractivity contribution in [3.05, 3.63) is 34.9 Å². The molecule has 21 heavy (non-hydrogen) atoms. The molecule has 1 nitrogen and oxygen atoms in total. The van der Waals surface area contributed by atoms with Gasteiger partial charge in [0.2, 0.25) is 0 Å². The molecule has 1 atom stereocenters. The van der Waals surface area contributed by atoms with E-state index in [0.29, 0.717) is 17.0 Å². The topological polar surface area (TPSA) is 4.44 Å². The molecule has 0 aliphatic carbocycles. The first kappa shape index (κ1) is 17.8. The van der Waals surface area contributed by atoms with Crippen molar-refractivity contribution in [1.29, 1.82) is 0 Å². The van der Waals surface area contributed by atoms with Gasteiger partial charge in [-0.2, -0.15) is 26.3 Å². The van der Waals surface area contributed by atoms with Gasteiger partial charge in [-0.1, -0.05) is 6.07 Å². The van der Waals surface area contributed by atoms with E-state index >= 15 is 0 Å². The summed E-state index contributed by atoms with van der Waals surface area (Å²) < 4.78 is 77.9. The highest BCUT2D eigenvalue weighted by atomic mass is 19.4. The van der Waals surface area contributed by atoms with Crippen LogP contribution in [0.3, 0.4) is 0 Å². The maximum Gasteiger partial charge on any atom is 0.416 e. The minimum absolute atomic E-state index is 0.353. The summed E-state index contributed by atoms with van der Waals surface area (Å²) in [6, 6.07) is 2.18. The minimum atomic E-state index is -4.81. The van der Waals surface area contributed by atoms with Crippen LogP contribution < -0.4 is 4.90 Å². The van der Waals surface area contributed by atoms with Crippen LogP contribution in [0.4, 0.5) is 26.3 Å². The molecule has 0 spiro atoms. The van der Waals surface area contributed by atoms with Crippen molar-refractivity contribution in [2.24, 2.45) is 0 Å². The number of halogens is 6. The first-order valence-corrected chi connectivity index (χ1v) is 6.34. The molecular weight excluding hydrogens is 296 g/mol. The third-order valence-corrected chi connectivity index (χ3v) is 3.51. The van der Waals surface area contributed by atoms with Crippen LogP contribution in [-0.4, -0.2) is 12.6 Å². The Labute approximate surface area is 119 Å². The smallest absolute Gasteiger partial charge is 0.329 e. The van der Waals surface area contributed by atoms with Gasteiger partial charge in [0.25, 0.3) is 0 Å². The molecule has 1 rings (SSSR count). The maximum atomic E-state index is 13.0. The van der Waals surface area contributed by atoms with Crippen LogP contribution >= 0.6 is 0 Å². The fourth-order valence-electron chi connectivity index (χ4n) is 1.84. The molecule has 0 aliphatic heterocycles. The lowest BCUT2D eigenvalue weighted by atomic mass is 9.97. The number of benzene rings is 1. The highest BCUT2D eigenvalue weighted by Crippen LogP contribution is 2.39. The van der Waals surface area contributed by atoms with Crippen molar-refractivity contribution < 1.29 is 31.2 Å². The molecule has 0 saturated carbocycles. The van der Waals surface area contributed by atoms with Gasteiger partial charge in [0.15, 0.2) is 0 Å². The van der Waals surface area contributed by atoms with Gasteiger partial charge in [-0.3, -0.25) is 0 Å². The molecular formula is C14H18F6N+. The number of alkyl halides is 6. The largest absolute Gasteiger partial charge is 0.416 e. The zero-order valence-electron chi connectivity index (χ0n) is 12.2. The predicted molar refractivity (Wildman–Crippen MR) is 66.8 cm³/mol. The first-order valence-electron chi connectivity index (χ1n) is 6.34. The molecule has 0 bridgehead atoms. The quantitative estimate of drug-likeness (QED) is 0.797. The molecule has 1 N–H and O–H groups in total. The van der Waals surface area contributed by atoms with Gasteiger partial charge >= 0.3 is 12.4 Å². The van der Waals surface area contributed by atoms with E-state index in [1.807, 2.05) is 0 Å². The zero-order chi connectivity index (χ0) is 16.6. The Morgan fingerprint density at radius 2 is 1.24 bits per heavy atom. The van der Waals surface area contributed by atoms with E-state index in [4.69, 9.17) is 0 Å². The van der Waals surface area contributed by atoms with E-state index in [1.165, 1.54) is 0 Å². The molecule has 0 amide bonds. The SMILES string of the molecule is C[NH+](Cc1c(C(F)(F)F)cccc1C(F)(F)F)C(C)(C)C. The summed E-state index contributed by atoms with van der Waals surface area (Å²) in [4.78, 5) is 0.560. The van der Waals surface area contributed by atoms with Gasteiger partial charge < -0.3 is 4.90 Å². The van der Waals surface area contributed by atoms with Gasteiger partial charge in [0, 0.05) is 5.56 Å². The van der Waals surface area contributed by atoms with Crippen LogP contribution in [0.2, 0.25) is 0 Å². The Balaban J connectivity index is 3.44. The van der Waals surface area contributed by atoms with Crippen LogP contribution in [0.25, 0.3) is 0 Å². The molecule has 120 valence electrons. The number of hydrogen-bond donors (Lipinski definition) is 1. The van der Waals surface area contributed by atoms with Crippen LogP contribution in [0.1, 0.15) is 37.5 Å². The van der Waals surface area contributed by atoms with Crippen molar-refractivity contribution in [2.45, 2.75) is 45.2 Å². The summed E-state index contributed by atoms with van der Waals surface area (Å²) in [6.45, 7) is 4.91. The molecule has 7 heteroatoms. The standard InChI is InChI=1S/C14H17F6N/c1-12(2,3)21(4)8-9-10(13(15,16)17)6-5-7-11(9)14(18,19)20/h5-7H,8H2,1-4H3/p+1. The lowest BCUT2D eigenvalue weighted by Crippen LogP contribution is -3.15. The average Bonchev–Trinajstić information content (AvgIpc) is 2.24. The summed E-state index contributed by atoms with van der Waals surface area (Å²) in [5.74, 6) is 0. The van der Waals surface area contributed by atoms with Crippen molar-refractivity contribution in [3.8, 4) is 0 Å². The average molecular weight is 314 g/mol. The van der Waals surface area contributed by atoms with Crippen molar-refractivity contribution in [1.82, 2.24) is 0 Å². The molecule has 0 aliphatic rings. The fourth-order valence-corrected chi connectivity index (χ4v) is 1.84. The molecule has 0 radical (unpaired) electrons. The van der Waals surface area contributed by atoms with Crippen molar-refractivity contribution in [2.75, 3.05) is 7.05 Å². The molecule has 0 saturated heterocycles. The van der Waals surface area contributed by atoms with Gasteiger partial charge in [-0.15, -0.1) is 0 Å².